The summed E-state index contributed by atoms with van der Waals surface area (Å²) in [5.41, 5.74) is 0.932. The number of esters is 1. The molecule has 0 aliphatic heterocycles. The summed E-state index contributed by atoms with van der Waals surface area (Å²) in [4.78, 5) is 29.2. The molecule has 3 aromatic rings. The lowest BCUT2D eigenvalue weighted by molar-refractivity contribution is -0.146. The summed E-state index contributed by atoms with van der Waals surface area (Å²) in [6.45, 7) is 3.70. The van der Waals surface area contributed by atoms with Crippen molar-refractivity contribution in [1.82, 2.24) is 4.57 Å². The van der Waals surface area contributed by atoms with Crippen LogP contribution in [0.15, 0.2) is 53.5 Å². The van der Waals surface area contributed by atoms with E-state index in [1.807, 2.05) is 24.3 Å². The molecule has 0 fully saturated rings. The summed E-state index contributed by atoms with van der Waals surface area (Å²) in [6.07, 6.45) is 0. The number of benzene rings is 2. The number of ether oxygens (including phenoxy) is 1. The number of rotatable bonds is 4. The first-order chi connectivity index (χ1) is 12.5. The van der Waals surface area contributed by atoms with Crippen molar-refractivity contribution in [3.05, 3.63) is 64.7 Å². The van der Waals surface area contributed by atoms with Crippen LogP contribution in [0.4, 0.5) is 4.39 Å². The molecule has 0 bridgehead atoms. The molecule has 5 nitrogen and oxygen atoms in total. The van der Waals surface area contributed by atoms with E-state index in [2.05, 4.69) is 4.99 Å². The second kappa shape index (κ2) is 7.61. The molecule has 7 heteroatoms. The third-order valence-electron chi connectivity index (χ3n) is 3.82. The molecule has 3 rings (SSSR count). The zero-order chi connectivity index (χ0) is 18.7. The highest BCUT2D eigenvalue weighted by atomic mass is 32.1. The number of carbonyl (C=O) groups is 2. The van der Waals surface area contributed by atoms with Gasteiger partial charge in [0.25, 0.3) is 5.91 Å². The van der Waals surface area contributed by atoms with Gasteiger partial charge in [0, 0.05) is 5.56 Å². The number of nitrogens with zero attached hydrogens (tertiary/aromatic N) is 2. The van der Waals surface area contributed by atoms with Crippen molar-refractivity contribution < 1.29 is 18.7 Å². The van der Waals surface area contributed by atoms with E-state index in [-0.39, 0.29) is 12.2 Å². The zero-order valence-corrected chi connectivity index (χ0v) is 15.1. The van der Waals surface area contributed by atoms with Crippen LogP contribution in [0.2, 0.25) is 0 Å². The van der Waals surface area contributed by atoms with Crippen molar-refractivity contribution in [3.63, 3.8) is 0 Å². The molecule has 1 heterocycles. The van der Waals surface area contributed by atoms with Crippen LogP contribution in [-0.4, -0.2) is 23.1 Å². The van der Waals surface area contributed by atoms with Gasteiger partial charge >= 0.3 is 5.97 Å². The highest BCUT2D eigenvalue weighted by Gasteiger charge is 2.21. The number of aromatic nitrogens is 1. The average Bonchev–Trinajstić information content (AvgIpc) is 2.99. The number of thiazole rings is 1. The molecule has 0 aliphatic rings. The summed E-state index contributed by atoms with van der Waals surface area (Å²) in [5, 5.41) is 0. The molecule has 0 saturated carbocycles. The van der Waals surface area contributed by atoms with E-state index >= 15 is 0 Å². The van der Waals surface area contributed by atoms with Crippen LogP contribution in [-0.2, 0) is 9.53 Å². The van der Waals surface area contributed by atoms with Gasteiger partial charge in [0.1, 0.15) is 11.9 Å². The van der Waals surface area contributed by atoms with E-state index in [9.17, 15) is 14.0 Å². The maximum absolute atomic E-state index is 13.4. The minimum absolute atomic E-state index is 0.151. The Labute approximate surface area is 153 Å². The molecular weight excluding hydrogens is 355 g/mol. The third kappa shape index (κ3) is 3.57. The lowest BCUT2D eigenvalue weighted by atomic mass is 10.2. The van der Waals surface area contributed by atoms with Crippen LogP contribution in [0.3, 0.4) is 0 Å². The monoisotopic (exact) mass is 372 g/mol. The lowest BCUT2D eigenvalue weighted by Gasteiger charge is -2.13. The van der Waals surface area contributed by atoms with Gasteiger partial charge in [0.15, 0.2) is 4.80 Å². The summed E-state index contributed by atoms with van der Waals surface area (Å²) < 4.78 is 21.0. The van der Waals surface area contributed by atoms with Gasteiger partial charge in [0.05, 0.1) is 16.8 Å². The van der Waals surface area contributed by atoms with Crippen molar-refractivity contribution in [2.24, 2.45) is 4.99 Å². The summed E-state index contributed by atoms with van der Waals surface area (Å²) in [7, 11) is 0. The molecule has 134 valence electrons. The zero-order valence-electron chi connectivity index (χ0n) is 14.3. The Morgan fingerprint density at radius 2 is 2.00 bits per heavy atom. The first-order valence-corrected chi connectivity index (χ1v) is 8.94. The van der Waals surface area contributed by atoms with Crippen LogP contribution < -0.4 is 4.80 Å². The Balaban J connectivity index is 2.14. The second-order valence-electron chi connectivity index (χ2n) is 5.58. The van der Waals surface area contributed by atoms with Crippen molar-refractivity contribution in [1.29, 1.82) is 0 Å². The van der Waals surface area contributed by atoms with Crippen LogP contribution >= 0.6 is 11.3 Å². The molecule has 1 aromatic heterocycles. The summed E-state index contributed by atoms with van der Waals surface area (Å²) in [5.74, 6) is -1.48. The average molecular weight is 372 g/mol. The van der Waals surface area contributed by atoms with Crippen LogP contribution in [0.25, 0.3) is 10.2 Å². The van der Waals surface area contributed by atoms with E-state index in [4.69, 9.17) is 4.74 Å². The largest absolute Gasteiger partial charge is 0.464 e. The van der Waals surface area contributed by atoms with Gasteiger partial charge in [-0.25, -0.2) is 9.18 Å². The van der Waals surface area contributed by atoms with Crippen molar-refractivity contribution >= 4 is 33.4 Å². The molecule has 1 atom stereocenters. The molecule has 2 aromatic carbocycles. The van der Waals surface area contributed by atoms with E-state index < -0.39 is 23.7 Å². The van der Waals surface area contributed by atoms with E-state index in [1.165, 1.54) is 29.5 Å². The van der Waals surface area contributed by atoms with Gasteiger partial charge < -0.3 is 9.30 Å². The molecule has 1 amide bonds. The topological polar surface area (TPSA) is 60.7 Å². The number of fused-ring (bicyclic) bond motifs is 1. The fraction of sp³-hybridized carbons (Fsp3) is 0.211. The maximum Gasteiger partial charge on any atom is 0.328 e. The number of amides is 1. The van der Waals surface area contributed by atoms with Gasteiger partial charge in [-0.15, -0.1) is 0 Å². The van der Waals surface area contributed by atoms with Crippen LogP contribution in [0, 0.1) is 5.82 Å². The Kier molecular flexibility index (Phi) is 5.27. The van der Waals surface area contributed by atoms with Gasteiger partial charge in [-0.2, -0.15) is 4.99 Å². The second-order valence-corrected chi connectivity index (χ2v) is 6.59. The fourth-order valence-electron chi connectivity index (χ4n) is 2.59. The Bertz CT molecular complexity index is 1040. The normalized spacial score (nSPS) is 13.0. The predicted molar refractivity (Wildman–Crippen MR) is 97.5 cm³/mol. The quantitative estimate of drug-likeness (QED) is 0.656. The number of hydrogen-bond acceptors (Lipinski definition) is 4. The van der Waals surface area contributed by atoms with Crippen molar-refractivity contribution in [2.75, 3.05) is 6.61 Å². The highest BCUT2D eigenvalue weighted by Crippen LogP contribution is 2.21. The molecular formula is C19H17FN2O3S. The third-order valence-corrected chi connectivity index (χ3v) is 4.85. The van der Waals surface area contributed by atoms with E-state index in [0.717, 1.165) is 16.3 Å². The van der Waals surface area contributed by atoms with Gasteiger partial charge in [-0.05, 0) is 44.2 Å². The fourth-order valence-corrected chi connectivity index (χ4v) is 3.68. The number of hydrogen-bond donors (Lipinski definition) is 0. The number of halogens is 1. The standard InChI is InChI=1S/C19H17FN2O3S/c1-3-25-18(24)12(2)22-15-9-4-5-10-16(15)26-19(22)21-17(23)13-7-6-8-14(20)11-13/h4-12H,3H2,1-2H3/b21-19-. The maximum atomic E-state index is 13.4. The van der Waals surface area contributed by atoms with E-state index in [0.29, 0.717) is 4.80 Å². The highest BCUT2D eigenvalue weighted by molar-refractivity contribution is 7.16. The van der Waals surface area contributed by atoms with Crippen LogP contribution in [0.1, 0.15) is 30.2 Å². The van der Waals surface area contributed by atoms with E-state index in [1.54, 1.807) is 18.4 Å². The molecule has 0 aliphatic carbocycles. The minimum atomic E-state index is -0.648. The van der Waals surface area contributed by atoms with Crippen molar-refractivity contribution in [3.8, 4) is 0 Å². The molecule has 0 N–H and O–H groups in total. The Hall–Kier alpha value is -2.80. The van der Waals surface area contributed by atoms with Gasteiger partial charge in [-0.1, -0.05) is 29.5 Å². The molecule has 0 radical (unpaired) electrons. The Morgan fingerprint density at radius 1 is 1.23 bits per heavy atom. The Morgan fingerprint density at radius 3 is 2.73 bits per heavy atom. The first-order valence-electron chi connectivity index (χ1n) is 8.12. The first kappa shape index (κ1) is 18.0. The molecule has 26 heavy (non-hydrogen) atoms. The molecule has 0 spiro atoms. The molecule has 1 unspecified atom stereocenters. The smallest absolute Gasteiger partial charge is 0.328 e. The predicted octanol–water partition coefficient (Wildman–Crippen LogP) is 3.71. The number of para-hydroxylation sites is 1. The number of carbonyl (C=O) groups excluding carboxylic acids is 2. The van der Waals surface area contributed by atoms with Crippen LogP contribution in [0.5, 0.6) is 0 Å². The van der Waals surface area contributed by atoms with Crippen molar-refractivity contribution in [2.45, 2.75) is 19.9 Å². The van der Waals surface area contributed by atoms with Gasteiger partial charge in [0.2, 0.25) is 0 Å². The van der Waals surface area contributed by atoms with Gasteiger partial charge in [-0.3, -0.25) is 4.79 Å². The summed E-state index contributed by atoms with van der Waals surface area (Å²) in [6, 6.07) is 12.2. The molecule has 0 saturated heterocycles. The SMILES string of the molecule is CCOC(=O)C(C)n1/c(=N/C(=O)c2cccc(F)c2)sc2ccccc21. The lowest BCUT2D eigenvalue weighted by Crippen LogP contribution is -2.27. The minimum Gasteiger partial charge on any atom is -0.464 e. The summed E-state index contributed by atoms with van der Waals surface area (Å²) >= 11 is 1.29.